The molecular weight excluding hydrogens is 238 g/mol. The van der Waals surface area contributed by atoms with Crippen molar-refractivity contribution in [1.29, 1.82) is 0 Å². The summed E-state index contributed by atoms with van der Waals surface area (Å²) in [4.78, 5) is 0. The van der Waals surface area contributed by atoms with E-state index in [4.69, 9.17) is 9.15 Å². The van der Waals surface area contributed by atoms with Crippen LogP contribution in [0.25, 0.3) is 11.0 Å². The van der Waals surface area contributed by atoms with E-state index >= 15 is 0 Å². The second-order valence-electron chi connectivity index (χ2n) is 5.32. The van der Waals surface area contributed by atoms with Crippen molar-refractivity contribution in [2.45, 2.75) is 33.4 Å². The van der Waals surface area contributed by atoms with Crippen molar-refractivity contribution < 1.29 is 9.15 Å². The Morgan fingerprint density at radius 1 is 1.26 bits per heavy atom. The van der Waals surface area contributed by atoms with Gasteiger partial charge in [-0.1, -0.05) is 32.0 Å². The van der Waals surface area contributed by atoms with Crippen LogP contribution in [-0.4, -0.2) is 19.8 Å². The summed E-state index contributed by atoms with van der Waals surface area (Å²) in [6.45, 7) is 7.98. The normalized spacial score (nSPS) is 13.3. The highest BCUT2D eigenvalue weighted by Gasteiger charge is 2.15. The first kappa shape index (κ1) is 14.1. The van der Waals surface area contributed by atoms with E-state index < -0.39 is 0 Å². The molecule has 0 aliphatic heterocycles. The molecule has 0 saturated heterocycles. The van der Waals surface area contributed by atoms with Crippen LogP contribution in [0.4, 0.5) is 0 Å². The van der Waals surface area contributed by atoms with Gasteiger partial charge in [0, 0.05) is 30.6 Å². The van der Waals surface area contributed by atoms with Crippen LogP contribution < -0.4 is 5.32 Å². The quantitative estimate of drug-likeness (QED) is 0.864. The molecular formula is C16H23NO2. The van der Waals surface area contributed by atoms with Gasteiger partial charge < -0.3 is 14.5 Å². The maximum absolute atomic E-state index is 5.78. The number of furan rings is 1. The molecule has 104 valence electrons. The number of ether oxygens (including phenoxy) is 1. The van der Waals surface area contributed by atoms with E-state index in [0.717, 1.165) is 24.5 Å². The predicted octanol–water partition coefficient (Wildman–Crippen LogP) is 3.50. The SMILES string of the molecule is COCC(NCc1c(C)oc2ccccc12)C(C)C. The Balaban J connectivity index is 2.14. The number of methoxy groups -OCH3 is 1. The van der Waals surface area contributed by atoms with Crippen LogP contribution in [-0.2, 0) is 11.3 Å². The number of hydrogen-bond donors (Lipinski definition) is 1. The van der Waals surface area contributed by atoms with Crippen LogP contribution in [0, 0.1) is 12.8 Å². The number of rotatable bonds is 6. The smallest absolute Gasteiger partial charge is 0.134 e. The summed E-state index contributed by atoms with van der Waals surface area (Å²) in [6.07, 6.45) is 0. The average molecular weight is 261 g/mol. The highest BCUT2D eigenvalue weighted by molar-refractivity contribution is 5.82. The highest BCUT2D eigenvalue weighted by atomic mass is 16.5. The van der Waals surface area contributed by atoms with Gasteiger partial charge in [-0.3, -0.25) is 0 Å². The lowest BCUT2D eigenvalue weighted by Crippen LogP contribution is -2.37. The van der Waals surface area contributed by atoms with Gasteiger partial charge in [0.25, 0.3) is 0 Å². The number of para-hydroxylation sites is 1. The lowest BCUT2D eigenvalue weighted by molar-refractivity contribution is 0.146. The fourth-order valence-electron chi connectivity index (χ4n) is 2.34. The molecule has 0 saturated carbocycles. The number of fused-ring (bicyclic) bond motifs is 1. The first-order valence-corrected chi connectivity index (χ1v) is 6.82. The van der Waals surface area contributed by atoms with Crippen molar-refractivity contribution in [3.8, 4) is 0 Å². The molecule has 0 aliphatic rings. The Morgan fingerprint density at radius 3 is 2.68 bits per heavy atom. The van der Waals surface area contributed by atoms with E-state index in [0.29, 0.717) is 12.0 Å². The molecule has 1 heterocycles. The van der Waals surface area contributed by atoms with Crippen LogP contribution in [0.15, 0.2) is 28.7 Å². The standard InChI is InChI=1S/C16H23NO2/c1-11(2)15(10-18-4)17-9-14-12(3)19-16-8-6-5-7-13(14)16/h5-8,11,15,17H,9-10H2,1-4H3. The predicted molar refractivity (Wildman–Crippen MR) is 78.3 cm³/mol. The summed E-state index contributed by atoms with van der Waals surface area (Å²) in [5.41, 5.74) is 2.21. The molecule has 19 heavy (non-hydrogen) atoms. The highest BCUT2D eigenvalue weighted by Crippen LogP contribution is 2.25. The molecule has 0 bridgehead atoms. The monoisotopic (exact) mass is 261 g/mol. The third-order valence-electron chi connectivity index (χ3n) is 3.59. The summed E-state index contributed by atoms with van der Waals surface area (Å²) in [7, 11) is 1.75. The fourth-order valence-corrected chi connectivity index (χ4v) is 2.34. The zero-order chi connectivity index (χ0) is 13.8. The van der Waals surface area contributed by atoms with E-state index in [9.17, 15) is 0 Å². The van der Waals surface area contributed by atoms with Crippen LogP contribution in [0.5, 0.6) is 0 Å². The van der Waals surface area contributed by atoms with E-state index in [1.165, 1.54) is 10.9 Å². The molecule has 1 unspecified atom stereocenters. The Hall–Kier alpha value is -1.32. The van der Waals surface area contributed by atoms with Gasteiger partial charge in [0.2, 0.25) is 0 Å². The van der Waals surface area contributed by atoms with Crippen molar-refractivity contribution >= 4 is 11.0 Å². The Bertz CT molecular complexity index is 531. The zero-order valence-corrected chi connectivity index (χ0v) is 12.2. The van der Waals surface area contributed by atoms with E-state index in [1.54, 1.807) is 7.11 Å². The second-order valence-corrected chi connectivity index (χ2v) is 5.32. The van der Waals surface area contributed by atoms with Gasteiger partial charge in [0.15, 0.2) is 0 Å². The van der Waals surface area contributed by atoms with E-state index in [-0.39, 0.29) is 0 Å². The minimum atomic E-state index is 0.359. The molecule has 1 N–H and O–H groups in total. The van der Waals surface area contributed by atoms with Gasteiger partial charge in [0.05, 0.1) is 6.61 Å². The summed E-state index contributed by atoms with van der Waals surface area (Å²) < 4.78 is 11.0. The first-order chi connectivity index (χ1) is 9.13. The van der Waals surface area contributed by atoms with E-state index in [1.807, 2.05) is 19.1 Å². The van der Waals surface area contributed by atoms with Crippen molar-refractivity contribution in [2.24, 2.45) is 5.92 Å². The molecule has 0 aliphatic carbocycles. The third-order valence-corrected chi connectivity index (χ3v) is 3.59. The fraction of sp³-hybridized carbons (Fsp3) is 0.500. The minimum absolute atomic E-state index is 0.359. The molecule has 3 heteroatoms. The summed E-state index contributed by atoms with van der Waals surface area (Å²) in [5.74, 6) is 1.53. The second kappa shape index (κ2) is 6.22. The molecule has 0 radical (unpaired) electrons. The summed E-state index contributed by atoms with van der Waals surface area (Å²) in [5, 5.41) is 4.77. The first-order valence-electron chi connectivity index (χ1n) is 6.82. The molecule has 1 aromatic carbocycles. The van der Waals surface area contributed by atoms with Gasteiger partial charge >= 0.3 is 0 Å². The molecule has 1 aromatic heterocycles. The lowest BCUT2D eigenvalue weighted by atomic mass is 10.0. The van der Waals surface area contributed by atoms with Gasteiger partial charge in [-0.25, -0.2) is 0 Å². The molecule has 3 nitrogen and oxygen atoms in total. The van der Waals surface area contributed by atoms with Gasteiger partial charge in [-0.15, -0.1) is 0 Å². The number of aryl methyl sites for hydroxylation is 1. The Kier molecular flexibility index (Phi) is 4.61. The minimum Gasteiger partial charge on any atom is -0.461 e. The van der Waals surface area contributed by atoms with Crippen molar-refractivity contribution in [3.63, 3.8) is 0 Å². The Labute approximate surface area is 114 Å². The third kappa shape index (κ3) is 3.17. The lowest BCUT2D eigenvalue weighted by Gasteiger charge is -2.21. The average Bonchev–Trinajstić information content (AvgIpc) is 2.70. The molecule has 0 fully saturated rings. The summed E-state index contributed by atoms with van der Waals surface area (Å²) >= 11 is 0. The van der Waals surface area contributed by atoms with Crippen molar-refractivity contribution in [2.75, 3.05) is 13.7 Å². The molecule has 1 atom stereocenters. The van der Waals surface area contributed by atoms with Gasteiger partial charge in [0.1, 0.15) is 11.3 Å². The van der Waals surface area contributed by atoms with Gasteiger partial charge in [-0.05, 0) is 18.9 Å². The number of benzene rings is 1. The molecule has 2 aromatic rings. The maximum Gasteiger partial charge on any atom is 0.134 e. The number of hydrogen-bond acceptors (Lipinski definition) is 3. The van der Waals surface area contributed by atoms with Gasteiger partial charge in [-0.2, -0.15) is 0 Å². The van der Waals surface area contributed by atoms with Crippen molar-refractivity contribution in [3.05, 3.63) is 35.6 Å². The maximum atomic E-state index is 5.78. The van der Waals surface area contributed by atoms with Crippen LogP contribution in [0.2, 0.25) is 0 Å². The molecule has 0 spiro atoms. The van der Waals surface area contributed by atoms with Crippen LogP contribution >= 0.6 is 0 Å². The Morgan fingerprint density at radius 2 is 2.00 bits per heavy atom. The van der Waals surface area contributed by atoms with Crippen LogP contribution in [0.3, 0.4) is 0 Å². The van der Waals surface area contributed by atoms with Crippen molar-refractivity contribution in [1.82, 2.24) is 5.32 Å². The summed E-state index contributed by atoms with van der Waals surface area (Å²) in [6, 6.07) is 8.54. The number of nitrogens with one attached hydrogen (secondary N) is 1. The molecule has 2 rings (SSSR count). The largest absolute Gasteiger partial charge is 0.461 e. The van der Waals surface area contributed by atoms with E-state index in [2.05, 4.69) is 31.3 Å². The molecule has 0 amide bonds. The zero-order valence-electron chi connectivity index (χ0n) is 12.2. The topological polar surface area (TPSA) is 34.4 Å². The van der Waals surface area contributed by atoms with Crippen LogP contribution in [0.1, 0.15) is 25.2 Å².